The average Bonchev–Trinajstić information content (AvgIpc) is 1.84. The number of aliphatic carboxylic acids is 1. The van der Waals surface area contributed by atoms with Crippen LogP contribution in [0.2, 0.25) is 0 Å². The Morgan fingerprint density at radius 1 is 1.80 bits per heavy atom. The number of hydrogen-bond acceptors (Lipinski definition) is 2. The quantitative estimate of drug-likeness (QED) is 0.485. The summed E-state index contributed by atoms with van der Waals surface area (Å²) in [5.41, 5.74) is 5.21. The summed E-state index contributed by atoms with van der Waals surface area (Å²) >= 11 is 5.43. The van der Waals surface area contributed by atoms with Crippen LogP contribution in [0, 0.1) is 0 Å². The van der Waals surface area contributed by atoms with Gasteiger partial charge in [0, 0.05) is 0 Å². The largest absolute Gasteiger partial charge is 0.479 e. The van der Waals surface area contributed by atoms with E-state index in [2.05, 4.69) is 0 Å². The van der Waals surface area contributed by atoms with Crippen molar-refractivity contribution in [3.05, 3.63) is 0 Å². The second-order valence-corrected chi connectivity index (χ2v) is 2.95. The van der Waals surface area contributed by atoms with Gasteiger partial charge in [-0.25, -0.2) is 4.79 Å². The first-order chi connectivity index (χ1) is 4.50. The zero-order chi connectivity index (χ0) is 8.20. The molecule has 0 radical (unpaired) electrons. The fourth-order valence-corrected chi connectivity index (χ4v) is 0.675. The van der Waals surface area contributed by atoms with Gasteiger partial charge in [0.15, 0.2) is 5.00 Å². The topological polar surface area (TPSA) is 63.3 Å². The third-order valence-corrected chi connectivity index (χ3v) is 1.60. The van der Waals surface area contributed by atoms with Crippen LogP contribution in [0.4, 0.5) is 0 Å². The van der Waals surface area contributed by atoms with E-state index in [0.29, 0.717) is 6.42 Å². The second kappa shape index (κ2) is 3.78. The van der Waals surface area contributed by atoms with Crippen LogP contribution in [0.1, 0.15) is 26.2 Å². The Morgan fingerprint density at radius 3 is 2.60 bits per heavy atom. The van der Waals surface area contributed by atoms with E-state index in [1.807, 2.05) is 6.92 Å². The number of alkyl halides is 1. The van der Waals surface area contributed by atoms with Crippen molar-refractivity contribution in [2.24, 2.45) is 5.73 Å². The van der Waals surface area contributed by atoms with Crippen molar-refractivity contribution in [3.63, 3.8) is 0 Å². The lowest BCUT2D eigenvalue weighted by atomic mass is 10.1. The Morgan fingerprint density at radius 2 is 2.30 bits per heavy atom. The van der Waals surface area contributed by atoms with Gasteiger partial charge in [-0.2, -0.15) is 0 Å². The van der Waals surface area contributed by atoms with Crippen LogP contribution in [0.3, 0.4) is 0 Å². The van der Waals surface area contributed by atoms with Gasteiger partial charge in [0.25, 0.3) is 0 Å². The van der Waals surface area contributed by atoms with Gasteiger partial charge < -0.3 is 10.8 Å². The van der Waals surface area contributed by atoms with Gasteiger partial charge in [-0.1, -0.05) is 31.4 Å². The SMILES string of the molecule is CCCCC(N)(Cl)C(=O)O. The minimum Gasteiger partial charge on any atom is -0.479 e. The molecule has 3 nitrogen and oxygen atoms in total. The third kappa shape index (κ3) is 3.03. The van der Waals surface area contributed by atoms with Crippen LogP contribution in [-0.4, -0.2) is 16.1 Å². The van der Waals surface area contributed by atoms with Gasteiger partial charge in [0.2, 0.25) is 0 Å². The van der Waals surface area contributed by atoms with Crippen LogP contribution in [0.5, 0.6) is 0 Å². The lowest BCUT2D eigenvalue weighted by Gasteiger charge is -2.14. The van der Waals surface area contributed by atoms with E-state index >= 15 is 0 Å². The van der Waals surface area contributed by atoms with E-state index in [-0.39, 0.29) is 0 Å². The molecule has 4 heteroatoms. The highest BCUT2D eigenvalue weighted by Gasteiger charge is 2.29. The minimum absolute atomic E-state index is 0.320. The Bertz CT molecular complexity index is 125. The lowest BCUT2D eigenvalue weighted by Crippen LogP contribution is -2.41. The van der Waals surface area contributed by atoms with E-state index in [4.69, 9.17) is 22.4 Å². The Hall–Kier alpha value is -0.280. The molecule has 0 aromatic carbocycles. The van der Waals surface area contributed by atoms with Gasteiger partial charge in [-0.15, -0.1) is 0 Å². The van der Waals surface area contributed by atoms with E-state index in [0.717, 1.165) is 12.8 Å². The summed E-state index contributed by atoms with van der Waals surface area (Å²) in [5.74, 6) is -1.15. The summed E-state index contributed by atoms with van der Waals surface area (Å²) in [5, 5.41) is 8.41. The molecular formula is C6H12ClNO2. The molecule has 0 saturated heterocycles. The number of hydrogen-bond donors (Lipinski definition) is 2. The molecule has 3 N–H and O–H groups in total. The van der Waals surface area contributed by atoms with Crippen LogP contribution in [-0.2, 0) is 4.79 Å². The zero-order valence-corrected chi connectivity index (χ0v) is 6.69. The molecule has 0 aliphatic rings. The molecule has 0 heterocycles. The van der Waals surface area contributed by atoms with Crippen LogP contribution in [0.25, 0.3) is 0 Å². The highest BCUT2D eigenvalue weighted by molar-refractivity contribution is 6.33. The summed E-state index contributed by atoms with van der Waals surface area (Å²) < 4.78 is 0. The number of halogens is 1. The van der Waals surface area contributed by atoms with Crippen molar-refractivity contribution in [1.82, 2.24) is 0 Å². The van der Waals surface area contributed by atoms with Crippen molar-refractivity contribution in [2.45, 2.75) is 31.2 Å². The number of unbranched alkanes of at least 4 members (excludes halogenated alkanes) is 1. The molecule has 0 saturated carbocycles. The van der Waals surface area contributed by atoms with Gasteiger partial charge in [-0.05, 0) is 6.42 Å². The molecule has 1 unspecified atom stereocenters. The zero-order valence-electron chi connectivity index (χ0n) is 5.93. The lowest BCUT2D eigenvalue weighted by molar-refractivity contribution is -0.140. The van der Waals surface area contributed by atoms with Gasteiger partial charge in [0.1, 0.15) is 0 Å². The van der Waals surface area contributed by atoms with Crippen LogP contribution >= 0.6 is 11.6 Å². The van der Waals surface area contributed by atoms with Crippen molar-refractivity contribution >= 4 is 17.6 Å². The molecule has 60 valence electrons. The van der Waals surface area contributed by atoms with E-state index in [9.17, 15) is 4.79 Å². The molecule has 10 heavy (non-hydrogen) atoms. The summed E-state index contributed by atoms with van der Waals surface area (Å²) in [6, 6.07) is 0. The van der Waals surface area contributed by atoms with Crippen molar-refractivity contribution < 1.29 is 9.90 Å². The molecule has 0 bridgehead atoms. The third-order valence-electron chi connectivity index (χ3n) is 1.25. The first kappa shape index (κ1) is 9.72. The van der Waals surface area contributed by atoms with Crippen molar-refractivity contribution in [2.75, 3.05) is 0 Å². The molecule has 0 rings (SSSR count). The standard InChI is InChI=1S/C6H12ClNO2/c1-2-3-4-6(7,8)5(9)10/h2-4,8H2,1H3,(H,9,10). The molecule has 0 fully saturated rings. The fraction of sp³-hybridized carbons (Fsp3) is 0.833. The number of nitrogens with two attached hydrogens (primary N) is 1. The highest BCUT2D eigenvalue weighted by atomic mass is 35.5. The smallest absolute Gasteiger partial charge is 0.339 e. The number of carboxylic acid groups (broad SMARTS) is 1. The Kier molecular flexibility index (Phi) is 3.68. The first-order valence-electron chi connectivity index (χ1n) is 3.22. The summed E-state index contributed by atoms with van der Waals surface area (Å²) in [6.07, 6.45) is 1.96. The Labute approximate surface area is 65.2 Å². The number of rotatable bonds is 4. The van der Waals surface area contributed by atoms with Gasteiger partial charge in [-0.3, -0.25) is 0 Å². The van der Waals surface area contributed by atoms with Crippen molar-refractivity contribution in [1.29, 1.82) is 0 Å². The first-order valence-corrected chi connectivity index (χ1v) is 3.59. The van der Waals surface area contributed by atoms with Gasteiger partial charge >= 0.3 is 5.97 Å². The van der Waals surface area contributed by atoms with Crippen LogP contribution < -0.4 is 5.73 Å². The van der Waals surface area contributed by atoms with Gasteiger partial charge in [0.05, 0.1) is 0 Å². The molecule has 0 aromatic heterocycles. The molecule has 0 amide bonds. The highest BCUT2D eigenvalue weighted by Crippen LogP contribution is 2.15. The number of carboxylic acids is 1. The maximum absolute atomic E-state index is 10.3. The normalized spacial score (nSPS) is 16.3. The second-order valence-electron chi connectivity index (χ2n) is 2.27. The molecule has 0 aliphatic carbocycles. The monoisotopic (exact) mass is 165 g/mol. The molecule has 0 aromatic rings. The predicted molar refractivity (Wildman–Crippen MR) is 39.9 cm³/mol. The van der Waals surface area contributed by atoms with E-state index in [1.165, 1.54) is 0 Å². The summed E-state index contributed by atoms with van der Waals surface area (Å²) in [6.45, 7) is 1.95. The number of carbonyl (C=O) groups is 1. The Balaban J connectivity index is 3.75. The van der Waals surface area contributed by atoms with Crippen molar-refractivity contribution in [3.8, 4) is 0 Å². The van der Waals surface area contributed by atoms with Crippen LogP contribution in [0.15, 0.2) is 0 Å². The molecule has 1 atom stereocenters. The molecule has 0 aliphatic heterocycles. The van der Waals surface area contributed by atoms with E-state index in [1.54, 1.807) is 0 Å². The average molecular weight is 166 g/mol. The summed E-state index contributed by atoms with van der Waals surface area (Å²) in [4.78, 5) is 8.71. The fourth-order valence-electron chi connectivity index (χ4n) is 0.541. The maximum Gasteiger partial charge on any atom is 0.339 e. The predicted octanol–water partition coefficient (Wildman–Crippen LogP) is 1.16. The maximum atomic E-state index is 10.3. The minimum atomic E-state index is -1.56. The molecule has 0 spiro atoms. The molecular weight excluding hydrogens is 154 g/mol. The summed E-state index contributed by atoms with van der Waals surface area (Å²) in [7, 11) is 0. The van der Waals surface area contributed by atoms with E-state index < -0.39 is 11.0 Å².